The Morgan fingerprint density at radius 2 is 1.71 bits per heavy atom. The van der Waals surface area contributed by atoms with E-state index in [9.17, 15) is 0 Å². The van der Waals surface area contributed by atoms with E-state index in [-0.39, 0.29) is 0 Å². The van der Waals surface area contributed by atoms with E-state index >= 15 is 0 Å². The quantitative estimate of drug-likeness (QED) is 0.767. The van der Waals surface area contributed by atoms with Gasteiger partial charge < -0.3 is 9.72 Å². The molecule has 2 heterocycles. The number of nitrogens with zero attached hydrogens (tertiary/aromatic N) is 2. The van der Waals surface area contributed by atoms with Crippen molar-refractivity contribution in [3.05, 3.63) is 65.6 Å². The normalized spacial score (nSPS) is 11.0. The van der Waals surface area contributed by atoms with Crippen molar-refractivity contribution in [2.45, 2.75) is 26.7 Å². The van der Waals surface area contributed by atoms with Gasteiger partial charge in [0.1, 0.15) is 5.65 Å². The number of pyridine rings is 1. The molecule has 0 aliphatic heterocycles. The molecule has 1 N–H and O–H groups in total. The predicted molar refractivity (Wildman–Crippen MR) is 88.0 cm³/mol. The minimum absolute atomic E-state index is 0.877. The van der Waals surface area contributed by atoms with Crippen molar-refractivity contribution in [3.8, 4) is 0 Å². The van der Waals surface area contributed by atoms with Crippen LogP contribution in [0.2, 0.25) is 0 Å². The molecule has 3 heteroatoms. The van der Waals surface area contributed by atoms with Crippen molar-refractivity contribution < 1.29 is 0 Å². The van der Waals surface area contributed by atoms with Gasteiger partial charge in [-0.2, -0.15) is 0 Å². The maximum absolute atomic E-state index is 4.69. The molecule has 21 heavy (non-hydrogen) atoms. The fourth-order valence-electron chi connectivity index (χ4n) is 2.54. The molecule has 0 saturated heterocycles. The number of hydrogen-bond donors (Lipinski definition) is 1. The van der Waals surface area contributed by atoms with Crippen LogP contribution < -0.4 is 5.32 Å². The zero-order chi connectivity index (χ0) is 14.7. The van der Waals surface area contributed by atoms with Gasteiger partial charge in [-0.05, 0) is 36.6 Å². The van der Waals surface area contributed by atoms with Gasteiger partial charge in [0.05, 0.1) is 11.4 Å². The maximum atomic E-state index is 4.69. The molecule has 0 bridgehead atoms. The molecule has 0 saturated carbocycles. The molecule has 1 aromatic carbocycles. The molecule has 2 aromatic heterocycles. The number of fused-ring (bicyclic) bond motifs is 1. The Kier molecular flexibility index (Phi) is 3.91. The van der Waals surface area contributed by atoms with Gasteiger partial charge in [0.25, 0.3) is 0 Å². The standard InChI is InChI=1S/C18H21N3/c1-3-14-5-7-15(8-6-14)11-17-13-21-12-16(19-4-2)9-10-18(21)20-17/h5-10,12-13,19H,3-4,11H2,1-2H3. The van der Waals surface area contributed by atoms with Crippen LogP contribution >= 0.6 is 0 Å². The molecule has 3 rings (SSSR count). The van der Waals surface area contributed by atoms with E-state index in [2.05, 4.69) is 77.3 Å². The molecular weight excluding hydrogens is 258 g/mol. The van der Waals surface area contributed by atoms with Crippen LogP contribution in [0.3, 0.4) is 0 Å². The molecular formula is C18H21N3. The molecule has 0 aliphatic carbocycles. The number of anilines is 1. The minimum atomic E-state index is 0.877. The molecule has 0 unspecified atom stereocenters. The zero-order valence-corrected chi connectivity index (χ0v) is 12.6. The van der Waals surface area contributed by atoms with Crippen molar-refractivity contribution in [2.75, 3.05) is 11.9 Å². The Hall–Kier alpha value is -2.29. The summed E-state index contributed by atoms with van der Waals surface area (Å²) in [6.45, 7) is 5.21. The lowest BCUT2D eigenvalue weighted by atomic mass is 10.1. The van der Waals surface area contributed by atoms with Gasteiger partial charge in [0.15, 0.2) is 0 Å². The van der Waals surface area contributed by atoms with Crippen molar-refractivity contribution >= 4 is 11.3 Å². The van der Waals surface area contributed by atoms with Gasteiger partial charge in [-0.25, -0.2) is 4.98 Å². The van der Waals surface area contributed by atoms with Crippen LogP contribution in [0, 0.1) is 0 Å². The number of hydrogen-bond acceptors (Lipinski definition) is 2. The molecule has 0 spiro atoms. The first-order valence-corrected chi connectivity index (χ1v) is 7.58. The Labute approximate surface area is 125 Å². The number of rotatable bonds is 5. The first-order chi connectivity index (χ1) is 10.3. The highest BCUT2D eigenvalue weighted by Gasteiger charge is 2.04. The highest BCUT2D eigenvalue weighted by Crippen LogP contribution is 2.15. The Morgan fingerprint density at radius 3 is 2.43 bits per heavy atom. The van der Waals surface area contributed by atoms with Crippen LogP contribution in [0.5, 0.6) is 0 Å². The number of benzene rings is 1. The van der Waals surface area contributed by atoms with Crippen molar-refractivity contribution in [1.82, 2.24) is 9.38 Å². The Morgan fingerprint density at radius 1 is 0.952 bits per heavy atom. The van der Waals surface area contributed by atoms with Crippen LogP contribution in [0.1, 0.15) is 30.7 Å². The molecule has 0 radical (unpaired) electrons. The molecule has 108 valence electrons. The average molecular weight is 279 g/mol. The first kappa shape index (κ1) is 13.7. The van der Waals surface area contributed by atoms with Gasteiger partial charge in [-0.15, -0.1) is 0 Å². The lowest BCUT2D eigenvalue weighted by Gasteiger charge is -2.02. The van der Waals surface area contributed by atoms with Crippen molar-refractivity contribution in [3.63, 3.8) is 0 Å². The molecule has 3 aromatic rings. The summed E-state index contributed by atoms with van der Waals surface area (Å²) in [6.07, 6.45) is 6.17. The van der Waals surface area contributed by atoms with Crippen LogP contribution in [0.15, 0.2) is 48.8 Å². The van der Waals surface area contributed by atoms with Gasteiger partial charge in [0.2, 0.25) is 0 Å². The fraction of sp³-hybridized carbons (Fsp3) is 0.278. The maximum Gasteiger partial charge on any atom is 0.137 e. The third-order valence-electron chi connectivity index (χ3n) is 3.70. The first-order valence-electron chi connectivity index (χ1n) is 7.58. The lowest BCUT2D eigenvalue weighted by molar-refractivity contribution is 1.09. The fourth-order valence-corrected chi connectivity index (χ4v) is 2.54. The van der Waals surface area contributed by atoms with Gasteiger partial charge in [-0.3, -0.25) is 0 Å². The number of nitrogens with one attached hydrogen (secondary N) is 1. The topological polar surface area (TPSA) is 29.3 Å². The van der Waals surface area contributed by atoms with E-state index in [4.69, 9.17) is 0 Å². The average Bonchev–Trinajstić information content (AvgIpc) is 2.90. The van der Waals surface area contributed by atoms with Crippen molar-refractivity contribution in [2.24, 2.45) is 0 Å². The second-order valence-corrected chi connectivity index (χ2v) is 5.29. The summed E-state index contributed by atoms with van der Waals surface area (Å²) in [5, 5.41) is 3.32. The number of aromatic nitrogens is 2. The molecule has 0 atom stereocenters. The Balaban J connectivity index is 1.83. The van der Waals surface area contributed by atoms with E-state index in [1.165, 1.54) is 11.1 Å². The van der Waals surface area contributed by atoms with Gasteiger partial charge in [-0.1, -0.05) is 31.2 Å². The van der Waals surface area contributed by atoms with E-state index in [0.29, 0.717) is 0 Å². The van der Waals surface area contributed by atoms with E-state index in [0.717, 1.165) is 36.4 Å². The highest BCUT2D eigenvalue weighted by atomic mass is 15.0. The molecule has 3 nitrogen and oxygen atoms in total. The summed E-state index contributed by atoms with van der Waals surface area (Å²) in [7, 11) is 0. The van der Waals surface area contributed by atoms with E-state index in [1.807, 2.05) is 0 Å². The molecule has 0 amide bonds. The largest absolute Gasteiger partial charge is 0.384 e. The van der Waals surface area contributed by atoms with Crippen LogP contribution in [0.25, 0.3) is 5.65 Å². The summed E-state index contributed by atoms with van der Waals surface area (Å²) in [5.41, 5.74) is 5.91. The molecule has 0 fully saturated rings. The minimum Gasteiger partial charge on any atom is -0.384 e. The second kappa shape index (κ2) is 6.00. The number of aryl methyl sites for hydroxylation is 1. The molecule has 0 aliphatic rings. The van der Waals surface area contributed by atoms with E-state index < -0.39 is 0 Å². The van der Waals surface area contributed by atoms with Gasteiger partial charge in [0, 0.05) is 25.4 Å². The SMILES string of the molecule is CCNc1ccc2nc(Cc3ccc(CC)cc3)cn2c1. The summed E-state index contributed by atoms with van der Waals surface area (Å²) in [5.74, 6) is 0. The smallest absolute Gasteiger partial charge is 0.137 e. The van der Waals surface area contributed by atoms with Crippen LogP contribution in [-0.2, 0) is 12.8 Å². The Bertz CT molecular complexity index is 726. The predicted octanol–water partition coefficient (Wildman–Crippen LogP) is 3.92. The summed E-state index contributed by atoms with van der Waals surface area (Å²) >= 11 is 0. The second-order valence-electron chi connectivity index (χ2n) is 5.29. The zero-order valence-electron chi connectivity index (χ0n) is 12.6. The third-order valence-corrected chi connectivity index (χ3v) is 3.70. The van der Waals surface area contributed by atoms with Crippen molar-refractivity contribution in [1.29, 1.82) is 0 Å². The summed E-state index contributed by atoms with van der Waals surface area (Å²) < 4.78 is 2.09. The summed E-state index contributed by atoms with van der Waals surface area (Å²) in [6, 6.07) is 12.9. The number of imidazole rings is 1. The lowest BCUT2D eigenvalue weighted by Crippen LogP contribution is -1.97. The van der Waals surface area contributed by atoms with Crippen LogP contribution in [0.4, 0.5) is 5.69 Å². The highest BCUT2D eigenvalue weighted by molar-refractivity contribution is 5.51. The van der Waals surface area contributed by atoms with E-state index in [1.54, 1.807) is 0 Å². The third kappa shape index (κ3) is 3.07. The monoisotopic (exact) mass is 279 g/mol. The van der Waals surface area contributed by atoms with Crippen LogP contribution in [-0.4, -0.2) is 15.9 Å². The van der Waals surface area contributed by atoms with Gasteiger partial charge >= 0.3 is 0 Å². The summed E-state index contributed by atoms with van der Waals surface area (Å²) in [4.78, 5) is 4.69.